The maximum Gasteiger partial charge on any atom is 0.158 e. The minimum absolute atomic E-state index is 0.438. The SMILES string of the molecule is CCCC(C)n1c(CCCl)nc2c(C)nn(C)c21. The Bertz CT molecular complexity index is 541. The van der Waals surface area contributed by atoms with E-state index in [0.29, 0.717) is 11.9 Å². The number of alkyl halides is 1. The maximum absolute atomic E-state index is 5.89. The summed E-state index contributed by atoms with van der Waals surface area (Å²) in [6, 6.07) is 0.438. The Morgan fingerprint density at radius 1 is 1.39 bits per heavy atom. The summed E-state index contributed by atoms with van der Waals surface area (Å²) in [6.45, 7) is 6.46. The Morgan fingerprint density at radius 2 is 2.11 bits per heavy atom. The fourth-order valence-corrected chi connectivity index (χ4v) is 2.78. The van der Waals surface area contributed by atoms with Crippen LogP contribution in [0.15, 0.2) is 0 Å². The summed E-state index contributed by atoms with van der Waals surface area (Å²) in [5.41, 5.74) is 3.12. The van der Waals surface area contributed by atoms with Crippen molar-refractivity contribution < 1.29 is 0 Å². The highest BCUT2D eigenvalue weighted by Crippen LogP contribution is 2.25. The van der Waals surface area contributed by atoms with Crippen LogP contribution in [0.5, 0.6) is 0 Å². The number of rotatable bonds is 5. The van der Waals surface area contributed by atoms with Crippen LogP contribution in [0, 0.1) is 6.92 Å². The number of hydrogen-bond acceptors (Lipinski definition) is 2. The number of aryl methyl sites for hydroxylation is 3. The predicted molar refractivity (Wildman–Crippen MR) is 75.3 cm³/mol. The Morgan fingerprint density at radius 3 is 2.72 bits per heavy atom. The van der Waals surface area contributed by atoms with E-state index < -0.39 is 0 Å². The average Bonchev–Trinajstić information content (AvgIpc) is 2.80. The fraction of sp³-hybridized carbons (Fsp3) is 0.692. The third-order valence-corrected chi connectivity index (χ3v) is 3.56. The molecule has 2 rings (SSSR count). The number of halogens is 1. The van der Waals surface area contributed by atoms with Gasteiger partial charge in [0.2, 0.25) is 0 Å². The van der Waals surface area contributed by atoms with E-state index in [2.05, 4.69) is 23.5 Å². The van der Waals surface area contributed by atoms with Gasteiger partial charge in [0, 0.05) is 25.4 Å². The van der Waals surface area contributed by atoms with Gasteiger partial charge >= 0.3 is 0 Å². The second-order valence-electron chi connectivity index (χ2n) is 4.86. The molecule has 0 saturated heterocycles. The molecule has 18 heavy (non-hydrogen) atoms. The van der Waals surface area contributed by atoms with Gasteiger partial charge in [-0.15, -0.1) is 11.6 Å². The molecule has 100 valence electrons. The molecule has 1 atom stereocenters. The summed E-state index contributed by atoms with van der Waals surface area (Å²) in [5, 5.41) is 4.45. The minimum Gasteiger partial charge on any atom is -0.310 e. The first-order valence-electron chi connectivity index (χ1n) is 6.56. The molecule has 2 aromatic rings. The summed E-state index contributed by atoms with van der Waals surface area (Å²) < 4.78 is 4.24. The first kappa shape index (κ1) is 13.4. The van der Waals surface area contributed by atoms with Crippen LogP contribution < -0.4 is 0 Å². The van der Waals surface area contributed by atoms with Crippen LogP contribution in [0.25, 0.3) is 11.2 Å². The lowest BCUT2D eigenvalue weighted by Crippen LogP contribution is -2.12. The number of imidazole rings is 1. The summed E-state index contributed by atoms with van der Waals surface area (Å²) in [5.74, 6) is 1.69. The van der Waals surface area contributed by atoms with Crippen molar-refractivity contribution in [1.82, 2.24) is 19.3 Å². The van der Waals surface area contributed by atoms with E-state index >= 15 is 0 Å². The van der Waals surface area contributed by atoms with Crippen molar-refractivity contribution in [2.24, 2.45) is 7.05 Å². The topological polar surface area (TPSA) is 35.6 Å². The molecule has 0 N–H and O–H groups in total. The second-order valence-corrected chi connectivity index (χ2v) is 5.23. The monoisotopic (exact) mass is 268 g/mol. The number of aromatic nitrogens is 4. The molecule has 5 heteroatoms. The van der Waals surface area contributed by atoms with Crippen LogP contribution in [0.1, 0.15) is 44.2 Å². The molecular weight excluding hydrogens is 248 g/mol. The zero-order valence-electron chi connectivity index (χ0n) is 11.6. The lowest BCUT2D eigenvalue weighted by molar-refractivity contribution is 0.486. The van der Waals surface area contributed by atoms with Gasteiger partial charge in [0.1, 0.15) is 11.3 Å². The normalized spacial score (nSPS) is 13.4. The van der Waals surface area contributed by atoms with Crippen molar-refractivity contribution >= 4 is 22.8 Å². The molecular formula is C13H21ClN4. The Hall–Kier alpha value is -1.03. The molecule has 1 unspecified atom stereocenters. The highest BCUT2D eigenvalue weighted by Gasteiger charge is 2.20. The Labute approximate surface area is 113 Å². The quantitative estimate of drug-likeness (QED) is 0.781. The van der Waals surface area contributed by atoms with Crippen LogP contribution in [0.2, 0.25) is 0 Å². The van der Waals surface area contributed by atoms with Gasteiger partial charge in [0.25, 0.3) is 0 Å². The van der Waals surface area contributed by atoms with Crippen molar-refractivity contribution in [3.05, 3.63) is 11.5 Å². The van der Waals surface area contributed by atoms with Crippen LogP contribution >= 0.6 is 11.6 Å². The summed E-state index contributed by atoms with van der Waals surface area (Å²) >= 11 is 5.89. The van der Waals surface area contributed by atoms with Crippen molar-refractivity contribution in [3.63, 3.8) is 0 Å². The lowest BCUT2D eigenvalue weighted by Gasteiger charge is -2.16. The van der Waals surface area contributed by atoms with Crippen LogP contribution in [0.4, 0.5) is 0 Å². The lowest BCUT2D eigenvalue weighted by atomic mass is 10.2. The highest BCUT2D eigenvalue weighted by molar-refractivity contribution is 6.17. The molecule has 0 aliphatic heterocycles. The van der Waals surface area contributed by atoms with Gasteiger partial charge in [-0.25, -0.2) is 4.98 Å². The molecule has 0 bridgehead atoms. The van der Waals surface area contributed by atoms with Gasteiger partial charge in [0.15, 0.2) is 5.65 Å². The molecule has 0 spiro atoms. The predicted octanol–water partition coefficient (Wildman–Crippen LogP) is 3.22. The Balaban J connectivity index is 2.60. The summed E-state index contributed by atoms with van der Waals surface area (Å²) in [4.78, 5) is 4.72. The number of hydrogen-bond donors (Lipinski definition) is 0. The minimum atomic E-state index is 0.438. The first-order valence-corrected chi connectivity index (χ1v) is 7.10. The van der Waals surface area contributed by atoms with Gasteiger partial charge < -0.3 is 4.57 Å². The van der Waals surface area contributed by atoms with E-state index in [9.17, 15) is 0 Å². The van der Waals surface area contributed by atoms with Gasteiger partial charge in [0.05, 0.1) is 5.69 Å². The fourth-order valence-electron chi connectivity index (χ4n) is 2.61. The van der Waals surface area contributed by atoms with Gasteiger partial charge in [-0.05, 0) is 20.3 Å². The van der Waals surface area contributed by atoms with E-state index in [4.69, 9.17) is 16.6 Å². The van der Waals surface area contributed by atoms with Gasteiger partial charge in [-0.1, -0.05) is 13.3 Å². The van der Waals surface area contributed by atoms with Crippen molar-refractivity contribution in [2.75, 3.05) is 5.88 Å². The highest BCUT2D eigenvalue weighted by atomic mass is 35.5. The van der Waals surface area contributed by atoms with Crippen molar-refractivity contribution in [2.45, 2.75) is 46.1 Å². The Kier molecular flexibility index (Phi) is 3.95. The van der Waals surface area contributed by atoms with Crippen LogP contribution in [-0.4, -0.2) is 25.2 Å². The molecule has 0 aliphatic rings. The summed E-state index contributed by atoms with van der Waals surface area (Å²) in [6.07, 6.45) is 3.12. The molecule has 2 heterocycles. The van der Waals surface area contributed by atoms with Crippen LogP contribution in [-0.2, 0) is 13.5 Å². The molecule has 0 fully saturated rings. The van der Waals surface area contributed by atoms with E-state index in [0.717, 1.165) is 41.9 Å². The smallest absolute Gasteiger partial charge is 0.158 e. The van der Waals surface area contributed by atoms with E-state index in [-0.39, 0.29) is 0 Å². The van der Waals surface area contributed by atoms with Crippen molar-refractivity contribution in [3.8, 4) is 0 Å². The number of nitrogens with zero attached hydrogens (tertiary/aromatic N) is 4. The molecule has 0 radical (unpaired) electrons. The molecule has 4 nitrogen and oxygen atoms in total. The van der Waals surface area contributed by atoms with E-state index in [1.54, 1.807) is 0 Å². The molecule has 0 amide bonds. The molecule has 0 saturated carbocycles. The largest absolute Gasteiger partial charge is 0.310 e. The molecule has 0 aliphatic carbocycles. The standard InChI is InChI=1S/C13H21ClN4/c1-5-6-9(2)18-11(7-8-14)15-12-10(3)16-17(4)13(12)18/h9H,5-8H2,1-4H3. The van der Waals surface area contributed by atoms with Gasteiger partial charge in [-0.2, -0.15) is 5.10 Å². The maximum atomic E-state index is 5.89. The van der Waals surface area contributed by atoms with Crippen molar-refractivity contribution in [1.29, 1.82) is 0 Å². The van der Waals surface area contributed by atoms with Crippen LogP contribution in [0.3, 0.4) is 0 Å². The second kappa shape index (κ2) is 5.31. The zero-order valence-corrected chi connectivity index (χ0v) is 12.3. The zero-order chi connectivity index (χ0) is 13.3. The first-order chi connectivity index (χ1) is 8.60. The van der Waals surface area contributed by atoms with Gasteiger partial charge in [-0.3, -0.25) is 4.68 Å². The summed E-state index contributed by atoms with van der Waals surface area (Å²) in [7, 11) is 1.98. The van der Waals surface area contributed by atoms with E-state index in [1.165, 1.54) is 0 Å². The average molecular weight is 269 g/mol. The third kappa shape index (κ3) is 2.14. The molecule has 0 aromatic carbocycles. The number of fused-ring (bicyclic) bond motifs is 1. The third-order valence-electron chi connectivity index (χ3n) is 3.37. The van der Waals surface area contributed by atoms with E-state index in [1.807, 2.05) is 18.7 Å². The molecule has 2 aromatic heterocycles.